The zero-order valence-electron chi connectivity index (χ0n) is 22.4. The predicted octanol–water partition coefficient (Wildman–Crippen LogP) is 10.1. The van der Waals surface area contributed by atoms with Gasteiger partial charge in [-0.1, -0.05) is 153 Å². The van der Waals surface area contributed by atoms with E-state index in [1.54, 1.807) is 0 Å². The lowest BCUT2D eigenvalue weighted by atomic mass is 10.0. The average Bonchev–Trinajstić information content (AvgIpc) is 2.78. The number of rotatable bonds is 23. The third kappa shape index (κ3) is 18.7. The van der Waals surface area contributed by atoms with Crippen molar-refractivity contribution in [3.63, 3.8) is 0 Å². The SMILES string of the molecule is CCCCCCCCCCCCCCCCCCCCCC[N+](C)(C)Cc1ccccc1. The van der Waals surface area contributed by atoms with Gasteiger partial charge in [0.25, 0.3) is 0 Å². The van der Waals surface area contributed by atoms with Crippen LogP contribution in [-0.4, -0.2) is 25.1 Å². The molecule has 0 saturated carbocycles. The van der Waals surface area contributed by atoms with Crippen molar-refractivity contribution in [2.24, 2.45) is 0 Å². The maximum absolute atomic E-state index is 2.38. The van der Waals surface area contributed by atoms with Crippen LogP contribution in [0.15, 0.2) is 30.3 Å². The standard InChI is InChI=1S/C31H58N/c1-4-5-6-7-8-9-10-11-12-13-14-15-16-17-18-19-20-21-22-26-29-32(2,3)30-31-27-24-23-25-28-31/h23-25,27-28H,4-22,26,29-30H2,1-3H3/q+1. The molecule has 186 valence electrons. The minimum Gasteiger partial charge on any atom is -0.325 e. The monoisotopic (exact) mass is 444 g/mol. The van der Waals surface area contributed by atoms with Crippen LogP contribution in [0.2, 0.25) is 0 Å². The van der Waals surface area contributed by atoms with E-state index in [2.05, 4.69) is 51.4 Å². The smallest absolute Gasteiger partial charge is 0.104 e. The number of hydrogen-bond donors (Lipinski definition) is 0. The zero-order chi connectivity index (χ0) is 23.2. The fourth-order valence-electron chi connectivity index (χ4n) is 4.95. The van der Waals surface area contributed by atoms with E-state index in [1.165, 1.54) is 141 Å². The van der Waals surface area contributed by atoms with Crippen LogP contribution in [0.5, 0.6) is 0 Å². The van der Waals surface area contributed by atoms with Crippen molar-refractivity contribution in [3.05, 3.63) is 35.9 Å². The molecule has 1 aromatic rings. The summed E-state index contributed by atoms with van der Waals surface area (Å²) >= 11 is 0. The fourth-order valence-corrected chi connectivity index (χ4v) is 4.95. The highest BCUT2D eigenvalue weighted by atomic mass is 15.3. The molecule has 0 amide bonds. The number of quaternary nitrogens is 1. The molecule has 0 aliphatic carbocycles. The van der Waals surface area contributed by atoms with Gasteiger partial charge in [0.15, 0.2) is 0 Å². The molecule has 1 rings (SSSR count). The molecule has 0 fully saturated rings. The van der Waals surface area contributed by atoms with E-state index < -0.39 is 0 Å². The van der Waals surface area contributed by atoms with E-state index in [0.29, 0.717) is 0 Å². The van der Waals surface area contributed by atoms with Crippen LogP contribution < -0.4 is 0 Å². The van der Waals surface area contributed by atoms with Gasteiger partial charge >= 0.3 is 0 Å². The predicted molar refractivity (Wildman–Crippen MR) is 145 cm³/mol. The Kier molecular flexibility index (Phi) is 19.0. The van der Waals surface area contributed by atoms with Crippen LogP contribution >= 0.6 is 0 Å². The number of nitrogens with zero attached hydrogens (tertiary/aromatic N) is 1. The molecule has 0 saturated heterocycles. The molecule has 0 unspecified atom stereocenters. The first-order valence-corrected chi connectivity index (χ1v) is 14.5. The van der Waals surface area contributed by atoms with Crippen LogP contribution in [0.25, 0.3) is 0 Å². The van der Waals surface area contributed by atoms with Crippen LogP contribution in [-0.2, 0) is 6.54 Å². The summed E-state index contributed by atoms with van der Waals surface area (Å²) < 4.78 is 1.11. The van der Waals surface area contributed by atoms with E-state index in [0.717, 1.165) is 11.0 Å². The second kappa shape index (κ2) is 20.8. The zero-order valence-corrected chi connectivity index (χ0v) is 22.4. The van der Waals surface area contributed by atoms with Crippen molar-refractivity contribution < 1.29 is 4.48 Å². The fraction of sp³-hybridized carbons (Fsp3) is 0.806. The normalized spacial score (nSPS) is 11.8. The molecule has 1 heteroatoms. The molecule has 0 aromatic heterocycles. The van der Waals surface area contributed by atoms with E-state index >= 15 is 0 Å². The molecule has 1 nitrogen and oxygen atoms in total. The maximum atomic E-state index is 2.38. The topological polar surface area (TPSA) is 0 Å². The summed E-state index contributed by atoms with van der Waals surface area (Å²) in [4.78, 5) is 0. The second-order valence-electron chi connectivity index (χ2n) is 11.0. The van der Waals surface area contributed by atoms with Crippen LogP contribution in [0.1, 0.15) is 141 Å². The molecular formula is C31H58N+. The van der Waals surface area contributed by atoms with Gasteiger partial charge in [0.05, 0.1) is 20.6 Å². The van der Waals surface area contributed by atoms with Gasteiger partial charge in [0.2, 0.25) is 0 Å². The van der Waals surface area contributed by atoms with Gasteiger partial charge in [-0.25, -0.2) is 0 Å². The van der Waals surface area contributed by atoms with Crippen molar-refractivity contribution in [2.45, 2.75) is 142 Å². The lowest BCUT2D eigenvalue weighted by Gasteiger charge is -2.30. The average molecular weight is 445 g/mol. The Labute approximate surface area is 203 Å². The van der Waals surface area contributed by atoms with Gasteiger partial charge in [0.1, 0.15) is 6.54 Å². The van der Waals surface area contributed by atoms with Gasteiger partial charge in [0, 0.05) is 5.56 Å². The van der Waals surface area contributed by atoms with Crippen LogP contribution in [0.4, 0.5) is 0 Å². The highest BCUT2D eigenvalue weighted by molar-refractivity contribution is 5.13. The lowest BCUT2D eigenvalue weighted by molar-refractivity contribution is -0.903. The maximum Gasteiger partial charge on any atom is 0.104 e. The van der Waals surface area contributed by atoms with E-state index in [1.807, 2.05) is 0 Å². The van der Waals surface area contributed by atoms with Crippen molar-refractivity contribution in [2.75, 3.05) is 20.6 Å². The number of benzene rings is 1. The molecule has 0 atom stereocenters. The molecule has 0 heterocycles. The Balaban J connectivity index is 1.76. The first-order chi connectivity index (χ1) is 15.6. The molecular weight excluding hydrogens is 386 g/mol. The van der Waals surface area contributed by atoms with Gasteiger partial charge < -0.3 is 4.48 Å². The first kappa shape index (κ1) is 29.2. The largest absolute Gasteiger partial charge is 0.325 e. The molecule has 0 aliphatic heterocycles. The van der Waals surface area contributed by atoms with Gasteiger partial charge in [-0.05, 0) is 12.8 Å². The molecule has 0 spiro atoms. The number of unbranched alkanes of at least 4 members (excludes halogenated alkanes) is 19. The minimum atomic E-state index is 1.11. The van der Waals surface area contributed by atoms with E-state index in [4.69, 9.17) is 0 Å². The molecule has 32 heavy (non-hydrogen) atoms. The minimum absolute atomic E-state index is 1.11. The van der Waals surface area contributed by atoms with Gasteiger partial charge in [-0.3, -0.25) is 0 Å². The van der Waals surface area contributed by atoms with Gasteiger partial charge in [-0.2, -0.15) is 0 Å². The van der Waals surface area contributed by atoms with E-state index in [9.17, 15) is 0 Å². The summed E-state index contributed by atoms with van der Waals surface area (Å²) in [7, 11) is 4.76. The van der Waals surface area contributed by atoms with Crippen molar-refractivity contribution in [1.29, 1.82) is 0 Å². The summed E-state index contributed by atoms with van der Waals surface area (Å²) in [5.41, 5.74) is 1.46. The summed E-state index contributed by atoms with van der Waals surface area (Å²) in [6.45, 7) is 4.75. The molecule has 0 N–H and O–H groups in total. The van der Waals surface area contributed by atoms with Crippen molar-refractivity contribution in [3.8, 4) is 0 Å². The van der Waals surface area contributed by atoms with E-state index in [-0.39, 0.29) is 0 Å². The third-order valence-corrected chi connectivity index (χ3v) is 7.07. The first-order valence-electron chi connectivity index (χ1n) is 14.5. The number of hydrogen-bond acceptors (Lipinski definition) is 0. The van der Waals surface area contributed by atoms with Crippen molar-refractivity contribution in [1.82, 2.24) is 0 Å². The molecule has 0 aliphatic rings. The quantitative estimate of drug-likeness (QED) is 0.116. The Morgan fingerprint density at radius 3 is 1.19 bits per heavy atom. The van der Waals surface area contributed by atoms with Gasteiger partial charge in [-0.15, -0.1) is 0 Å². The Hall–Kier alpha value is -0.820. The lowest BCUT2D eigenvalue weighted by Crippen LogP contribution is -2.39. The highest BCUT2D eigenvalue weighted by Crippen LogP contribution is 2.16. The summed E-state index contributed by atoms with van der Waals surface area (Å²) in [6.07, 6.45) is 29.1. The Bertz CT molecular complexity index is 492. The molecule has 0 bridgehead atoms. The summed E-state index contributed by atoms with van der Waals surface area (Å²) in [5, 5.41) is 0. The molecule has 1 aromatic carbocycles. The summed E-state index contributed by atoms with van der Waals surface area (Å²) in [5.74, 6) is 0. The molecule has 0 radical (unpaired) electrons. The van der Waals surface area contributed by atoms with Crippen LogP contribution in [0, 0.1) is 0 Å². The summed E-state index contributed by atoms with van der Waals surface area (Å²) in [6, 6.07) is 11.0. The Morgan fingerprint density at radius 2 is 0.812 bits per heavy atom. The van der Waals surface area contributed by atoms with Crippen molar-refractivity contribution >= 4 is 0 Å². The van der Waals surface area contributed by atoms with Crippen LogP contribution in [0.3, 0.4) is 0 Å². The second-order valence-corrected chi connectivity index (χ2v) is 11.0. The Morgan fingerprint density at radius 1 is 0.469 bits per heavy atom. The third-order valence-electron chi connectivity index (χ3n) is 7.07. The highest BCUT2D eigenvalue weighted by Gasteiger charge is 2.14.